The lowest BCUT2D eigenvalue weighted by Crippen LogP contribution is -2.06. The molecule has 0 aliphatic heterocycles. The number of hydrogen-bond acceptors (Lipinski definition) is 3. The Balaban J connectivity index is 2.29. The molecular formula is C11H16BrN3. The standard InChI is InChI=1S/C11H16BrN3/c1-6-3-4-8(5-6)11-14-7(2)9(12)10(13)15-11/h6,8H,3-5H2,1-2H3,(H2,13,14,15). The van der Waals surface area contributed by atoms with Gasteiger partial charge in [-0.25, -0.2) is 9.97 Å². The number of aromatic nitrogens is 2. The van der Waals surface area contributed by atoms with Crippen LogP contribution in [0.5, 0.6) is 0 Å². The summed E-state index contributed by atoms with van der Waals surface area (Å²) in [5.74, 6) is 2.80. The number of nitrogens with two attached hydrogens (primary N) is 1. The highest BCUT2D eigenvalue weighted by atomic mass is 79.9. The van der Waals surface area contributed by atoms with E-state index in [1.54, 1.807) is 0 Å². The Labute approximate surface area is 98.6 Å². The zero-order valence-corrected chi connectivity index (χ0v) is 10.7. The van der Waals surface area contributed by atoms with Crippen LogP contribution in [0.2, 0.25) is 0 Å². The molecule has 0 radical (unpaired) electrons. The van der Waals surface area contributed by atoms with Gasteiger partial charge in [0.25, 0.3) is 0 Å². The molecule has 1 aliphatic carbocycles. The fourth-order valence-corrected chi connectivity index (χ4v) is 2.41. The Hall–Kier alpha value is -0.640. The van der Waals surface area contributed by atoms with Crippen LogP contribution in [0.25, 0.3) is 0 Å². The van der Waals surface area contributed by atoms with Gasteiger partial charge in [0.05, 0.1) is 10.2 Å². The molecule has 0 aromatic carbocycles. The molecule has 0 spiro atoms. The number of halogens is 1. The Bertz CT molecular complexity index is 355. The van der Waals surface area contributed by atoms with Gasteiger partial charge >= 0.3 is 0 Å². The van der Waals surface area contributed by atoms with Crippen molar-refractivity contribution in [2.75, 3.05) is 5.73 Å². The number of nitrogens with zero attached hydrogens (tertiary/aromatic N) is 2. The second kappa shape index (κ2) is 4.08. The number of anilines is 1. The zero-order chi connectivity index (χ0) is 11.0. The van der Waals surface area contributed by atoms with Gasteiger partial charge in [0, 0.05) is 5.92 Å². The topological polar surface area (TPSA) is 51.8 Å². The minimum atomic E-state index is 0.508. The Morgan fingerprint density at radius 1 is 1.33 bits per heavy atom. The lowest BCUT2D eigenvalue weighted by molar-refractivity contribution is 0.584. The first-order valence-corrected chi connectivity index (χ1v) is 6.16. The second-order valence-corrected chi connectivity index (χ2v) is 5.27. The largest absolute Gasteiger partial charge is 0.383 e. The first-order chi connectivity index (χ1) is 7.08. The molecule has 1 fully saturated rings. The number of hydrogen-bond donors (Lipinski definition) is 1. The van der Waals surface area contributed by atoms with Gasteiger partial charge in [0.1, 0.15) is 11.6 Å². The summed E-state index contributed by atoms with van der Waals surface area (Å²) in [7, 11) is 0. The lowest BCUT2D eigenvalue weighted by Gasteiger charge is -2.11. The van der Waals surface area contributed by atoms with Gasteiger partial charge in [-0.2, -0.15) is 0 Å². The summed E-state index contributed by atoms with van der Waals surface area (Å²) in [6.07, 6.45) is 3.67. The summed E-state index contributed by atoms with van der Waals surface area (Å²) in [6, 6.07) is 0. The molecule has 1 heterocycles. The number of nitrogen functional groups attached to an aromatic ring is 1. The molecule has 2 N–H and O–H groups in total. The van der Waals surface area contributed by atoms with Crippen molar-refractivity contribution in [3.8, 4) is 0 Å². The van der Waals surface area contributed by atoms with Gasteiger partial charge in [-0.1, -0.05) is 6.92 Å². The third-order valence-electron chi connectivity index (χ3n) is 3.12. The predicted octanol–water partition coefficient (Wildman–Crippen LogP) is 3.03. The second-order valence-electron chi connectivity index (χ2n) is 4.48. The SMILES string of the molecule is Cc1nc(C2CCC(C)C2)nc(N)c1Br. The van der Waals surface area contributed by atoms with Gasteiger partial charge in [-0.15, -0.1) is 0 Å². The average Bonchev–Trinajstić information content (AvgIpc) is 2.60. The van der Waals surface area contributed by atoms with Gasteiger partial charge in [0.2, 0.25) is 0 Å². The van der Waals surface area contributed by atoms with Crippen molar-refractivity contribution in [2.45, 2.75) is 39.0 Å². The molecule has 1 aromatic rings. The minimum absolute atomic E-state index is 0.508. The van der Waals surface area contributed by atoms with Crippen LogP contribution in [0, 0.1) is 12.8 Å². The maximum absolute atomic E-state index is 5.83. The monoisotopic (exact) mass is 269 g/mol. The molecule has 0 amide bonds. The van der Waals surface area contributed by atoms with Crippen LogP contribution < -0.4 is 5.73 Å². The van der Waals surface area contributed by atoms with Crippen LogP contribution >= 0.6 is 15.9 Å². The van der Waals surface area contributed by atoms with E-state index < -0.39 is 0 Å². The minimum Gasteiger partial charge on any atom is -0.383 e. The highest BCUT2D eigenvalue weighted by Gasteiger charge is 2.25. The average molecular weight is 270 g/mol. The molecule has 1 saturated carbocycles. The fourth-order valence-electron chi connectivity index (χ4n) is 2.23. The van der Waals surface area contributed by atoms with Crippen molar-refractivity contribution < 1.29 is 0 Å². The summed E-state index contributed by atoms with van der Waals surface area (Å²) in [6.45, 7) is 4.25. The summed E-state index contributed by atoms with van der Waals surface area (Å²) in [5.41, 5.74) is 6.77. The summed E-state index contributed by atoms with van der Waals surface area (Å²) in [5, 5.41) is 0. The lowest BCUT2D eigenvalue weighted by atomic mass is 10.1. The summed E-state index contributed by atoms with van der Waals surface area (Å²) < 4.78 is 0.831. The van der Waals surface area contributed by atoms with Crippen molar-refractivity contribution >= 4 is 21.7 Å². The predicted molar refractivity (Wildman–Crippen MR) is 64.6 cm³/mol. The van der Waals surface area contributed by atoms with Crippen molar-refractivity contribution in [2.24, 2.45) is 5.92 Å². The number of aryl methyl sites for hydroxylation is 1. The van der Waals surface area contributed by atoms with Crippen LogP contribution in [-0.2, 0) is 0 Å². The zero-order valence-electron chi connectivity index (χ0n) is 9.13. The molecule has 3 nitrogen and oxygen atoms in total. The maximum Gasteiger partial charge on any atom is 0.141 e. The van der Waals surface area contributed by atoms with Gasteiger partial charge in [-0.05, 0) is 48.0 Å². The Morgan fingerprint density at radius 3 is 2.60 bits per heavy atom. The fraction of sp³-hybridized carbons (Fsp3) is 0.636. The summed E-state index contributed by atoms with van der Waals surface area (Å²) in [4.78, 5) is 8.88. The molecule has 15 heavy (non-hydrogen) atoms. The molecule has 1 aliphatic rings. The molecule has 1 aromatic heterocycles. The molecule has 2 rings (SSSR count). The van der Waals surface area contributed by atoms with E-state index in [0.29, 0.717) is 11.7 Å². The van der Waals surface area contributed by atoms with Crippen LogP contribution in [0.4, 0.5) is 5.82 Å². The molecule has 4 heteroatoms. The molecule has 0 bridgehead atoms. The first kappa shape index (κ1) is 10.9. The van der Waals surface area contributed by atoms with Gasteiger partial charge in [-0.3, -0.25) is 0 Å². The van der Waals surface area contributed by atoms with Crippen molar-refractivity contribution in [1.29, 1.82) is 0 Å². The third-order valence-corrected chi connectivity index (χ3v) is 4.10. The quantitative estimate of drug-likeness (QED) is 0.853. The van der Waals surface area contributed by atoms with Crippen molar-refractivity contribution in [3.05, 3.63) is 16.0 Å². The smallest absolute Gasteiger partial charge is 0.141 e. The van der Waals surface area contributed by atoms with E-state index in [1.807, 2.05) is 6.92 Å². The highest BCUT2D eigenvalue weighted by molar-refractivity contribution is 9.10. The van der Waals surface area contributed by atoms with E-state index in [-0.39, 0.29) is 0 Å². The molecular weight excluding hydrogens is 254 g/mol. The van der Waals surface area contributed by atoms with Gasteiger partial charge < -0.3 is 5.73 Å². The third kappa shape index (κ3) is 2.14. The molecule has 82 valence electrons. The number of rotatable bonds is 1. The molecule has 0 saturated heterocycles. The van der Waals surface area contributed by atoms with E-state index in [0.717, 1.165) is 21.9 Å². The van der Waals surface area contributed by atoms with E-state index in [2.05, 4.69) is 32.8 Å². The van der Waals surface area contributed by atoms with E-state index in [9.17, 15) is 0 Å². The normalized spacial score (nSPS) is 25.8. The highest BCUT2D eigenvalue weighted by Crippen LogP contribution is 2.37. The molecule has 2 atom stereocenters. The Kier molecular flexibility index (Phi) is 2.96. The summed E-state index contributed by atoms with van der Waals surface area (Å²) >= 11 is 3.38. The van der Waals surface area contributed by atoms with E-state index >= 15 is 0 Å². The van der Waals surface area contributed by atoms with Crippen molar-refractivity contribution in [3.63, 3.8) is 0 Å². The van der Waals surface area contributed by atoms with Crippen LogP contribution in [0.3, 0.4) is 0 Å². The van der Waals surface area contributed by atoms with E-state index in [4.69, 9.17) is 5.73 Å². The van der Waals surface area contributed by atoms with Crippen LogP contribution in [0.1, 0.15) is 43.6 Å². The van der Waals surface area contributed by atoms with E-state index in [1.165, 1.54) is 19.3 Å². The van der Waals surface area contributed by atoms with Crippen molar-refractivity contribution in [1.82, 2.24) is 9.97 Å². The van der Waals surface area contributed by atoms with Crippen LogP contribution in [-0.4, -0.2) is 9.97 Å². The molecule has 2 unspecified atom stereocenters. The van der Waals surface area contributed by atoms with Gasteiger partial charge in [0.15, 0.2) is 0 Å². The first-order valence-electron chi connectivity index (χ1n) is 5.37. The maximum atomic E-state index is 5.83. The Morgan fingerprint density at radius 2 is 2.07 bits per heavy atom. The van der Waals surface area contributed by atoms with Crippen LogP contribution in [0.15, 0.2) is 4.47 Å².